The van der Waals surface area contributed by atoms with E-state index in [1.54, 1.807) is 0 Å². The van der Waals surface area contributed by atoms with Gasteiger partial charge in [-0.3, -0.25) is 0 Å². The molecule has 4 heteroatoms. The van der Waals surface area contributed by atoms with Gasteiger partial charge in [0.25, 0.3) is 0 Å². The van der Waals surface area contributed by atoms with Gasteiger partial charge in [0.1, 0.15) is 12.4 Å². The normalized spacial score (nSPS) is 10.6. The second-order valence-electron chi connectivity index (χ2n) is 6.71. The molecule has 0 aliphatic rings. The molecule has 1 aromatic heterocycles. The molecule has 0 aliphatic heterocycles. The average molecular weight is 392 g/mol. The Hall–Kier alpha value is -2.75. The maximum absolute atomic E-state index is 5.91. The fraction of sp³-hybridized carbons (Fsp3) is 0.167. The van der Waals surface area contributed by atoms with Crippen LogP contribution in [0.5, 0.6) is 5.75 Å². The molecule has 1 heterocycles. The summed E-state index contributed by atoms with van der Waals surface area (Å²) in [5.74, 6) is 0.912. The van der Waals surface area contributed by atoms with Gasteiger partial charge in [-0.05, 0) is 47.9 Å². The highest BCUT2D eigenvalue weighted by Crippen LogP contribution is 2.18. The first-order chi connectivity index (χ1) is 13.4. The average Bonchev–Trinajstić information content (AvgIpc) is 3.14. The van der Waals surface area contributed by atoms with Crippen LogP contribution in [-0.2, 0) is 19.6 Å². The summed E-state index contributed by atoms with van der Waals surface area (Å²) in [7, 11) is 0. The molecule has 28 heavy (non-hydrogen) atoms. The van der Waals surface area contributed by atoms with Crippen LogP contribution in [-0.4, -0.2) is 11.5 Å². The minimum atomic E-state index is 0. The molecule has 0 radical (unpaired) electrons. The maximum Gasteiger partial charge on any atom is 0.120 e. The Bertz CT molecular complexity index is 998. The number of fused-ring (bicyclic) bond motifs is 1. The van der Waals surface area contributed by atoms with E-state index < -0.39 is 0 Å². The zero-order chi connectivity index (χ0) is 18.3. The van der Waals surface area contributed by atoms with Crippen molar-refractivity contribution in [1.29, 1.82) is 0 Å². The highest BCUT2D eigenvalue weighted by atomic mass is 35.5. The van der Waals surface area contributed by atoms with Gasteiger partial charge in [-0.25, -0.2) is 0 Å². The fourth-order valence-electron chi connectivity index (χ4n) is 3.28. The van der Waals surface area contributed by atoms with Crippen LogP contribution < -0.4 is 22.5 Å². The summed E-state index contributed by atoms with van der Waals surface area (Å²) in [6.07, 6.45) is 3.12. The first kappa shape index (κ1) is 20.0. The predicted octanol–water partition coefficient (Wildman–Crippen LogP) is 2.08. The van der Waals surface area contributed by atoms with Crippen LogP contribution in [0, 0.1) is 0 Å². The minimum absolute atomic E-state index is 0. The standard InChI is InChI=1S/C24H24N2O.ClH/c1-2-7-19(8-3-1)18-27-22-10-6-9-20(15-22)16-25-14-13-21-17-26-24-12-5-4-11-23(21)24;/h1-12,15,17,25-26H,13-14,16,18H2;1H/p-1. The zero-order valence-electron chi connectivity index (χ0n) is 15.7. The van der Waals surface area contributed by atoms with Crippen molar-refractivity contribution in [2.45, 2.75) is 19.6 Å². The third kappa shape index (κ3) is 5.16. The van der Waals surface area contributed by atoms with Gasteiger partial charge in [-0.15, -0.1) is 0 Å². The quantitative estimate of drug-likeness (QED) is 0.451. The molecule has 0 fully saturated rings. The lowest BCUT2D eigenvalue weighted by Gasteiger charge is -2.09. The van der Waals surface area contributed by atoms with E-state index >= 15 is 0 Å². The van der Waals surface area contributed by atoms with E-state index in [0.717, 1.165) is 25.3 Å². The van der Waals surface area contributed by atoms with Crippen LogP contribution in [0.2, 0.25) is 0 Å². The number of hydrogen-bond donors (Lipinski definition) is 2. The summed E-state index contributed by atoms with van der Waals surface area (Å²) in [4.78, 5) is 3.34. The van der Waals surface area contributed by atoms with E-state index in [1.807, 2.05) is 24.3 Å². The van der Waals surface area contributed by atoms with Gasteiger partial charge in [0.05, 0.1) is 0 Å². The minimum Gasteiger partial charge on any atom is -1.00 e. The van der Waals surface area contributed by atoms with Crippen LogP contribution in [0.4, 0.5) is 0 Å². The molecule has 4 rings (SSSR count). The molecule has 2 N–H and O–H groups in total. The maximum atomic E-state index is 5.91. The van der Waals surface area contributed by atoms with Crippen molar-refractivity contribution in [2.24, 2.45) is 0 Å². The smallest absolute Gasteiger partial charge is 0.120 e. The summed E-state index contributed by atoms with van der Waals surface area (Å²) < 4.78 is 5.91. The zero-order valence-corrected chi connectivity index (χ0v) is 16.5. The van der Waals surface area contributed by atoms with Crippen LogP contribution in [0.3, 0.4) is 0 Å². The number of halogens is 1. The van der Waals surface area contributed by atoms with Gasteiger partial charge in [0, 0.05) is 23.6 Å². The number of benzene rings is 3. The van der Waals surface area contributed by atoms with Crippen molar-refractivity contribution in [3.05, 3.63) is 102 Å². The van der Waals surface area contributed by atoms with Gasteiger partial charge in [0.2, 0.25) is 0 Å². The molecular weight excluding hydrogens is 368 g/mol. The molecule has 0 unspecified atom stereocenters. The SMILES string of the molecule is [Cl-].c1ccc(COc2cccc(CNCCc3c[nH]c4ccccc34)c2)cc1. The Kier molecular flexibility index (Phi) is 7.12. The molecule has 0 saturated heterocycles. The third-order valence-electron chi connectivity index (χ3n) is 4.72. The van der Waals surface area contributed by atoms with Crippen molar-refractivity contribution in [2.75, 3.05) is 6.54 Å². The van der Waals surface area contributed by atoms with Gasteiger partial charge >= 0.3 is 0 Å². The molecule has 4 aromatic rings. The van der Waals surface area contributed by atoms with Crippen LogP contribution in [0.25, 0.3) is 10.9 Å². The van der Waals surface area contributed by atoms with Crippen LogP contribution in [0.15, 0.2) is 85.1 Å². The number of hydrogen-bond acceptors (Lipinski definition) is 2. The number of ether oxygens (including phenoxy) is 1. The summed E-state index contributed by atoms with van der Waals surface area (Å²) >= 11 is 0. The lowest BCUT2D eigenvalue weighted by Crippen LogP contribution is -3.00. The largest absolute Gasteiger partial charge is 1.00 e. The Balaban J connectivity index is 0.00000225. The highest BCUT2D eigenvalue weighted by molar-refractivity contribution is 5.83. The monoisotopic (exact) mass is 391 g/mol. The molecule has 0 amide bonds. The van der Waals surface area contributed by atoms with Crippen molar-refractivity contribution >= 4 is 10.9 Å². The predicted molar refractivity (Wildman–Crippen MR) is 111 cm³/mol. The molecular formula is C24H24ClN2O-. The first-order valence-corrected chi connectivity index (χ1v) is 9.40. The second-order valence-corrected chi connectivity index (χ2v) is 6.71. The Labute approximate surface area is 172 Å². The van der Waals surface area contributed by atoms with E-state index in [4.69, 9.17) is 4.74 Å². The van der Waals surface area contributed by atoms with Gasteiger partial charge in [-0.2, -0.15) is 0 Å². The van der Waals surface area contributed by atoms with E-state index in [0.29, 0.717) is 6.61 Å². The third-order valence-corrected chi connectivity index (χ3v) is 4.72. The molecule has 0 spiro atoms. The Morgan fingerprint density at radius 3 is 2.50 bits per heavy atom. The van der Waals surface area contributed by atoms with E-state index in [-0.39, 0.29) is 12.4 Å². The highest BCUT2D eigenvalue weighted by Gasteiger charge is 2.03. The number of aromatic amines is 1. The van der Waals surface area contributed by atoms with E-state index in [1.165, 1.54) is 27.6 Å². The number of para-hydroxylation sites is 1. The van der Waals surface area contributed by atoms with Gasteiger partial charge < -0.3 is 27.4 Å². The molecule has 3 nitrogen and oxygen atoms in total. The molecule has 3 aromatic carbocycles. The van der Waals surface area contributed by atoms with Crippen LogP contribution >= 0.6 is 0 Å². The number of H-pyrrole nitrogens is 1. The molecule has 0 atom stereocenters. The Morgan fingerprint density at radius 2 is 1.61 bits per heavy atom. The van der Waals surface area contributed by atoms with Gasteiger partial charge in [-0.1, -0.05) is 60.7 Å². The second kappa shape index (κ2) is 9.98. The molecule has 0 bridgehead atoms. The lowest BCUT2D eigenvalue weighted by atomic mass is 10.1. The van der Waals surface area contributed by atoms with Crippen LogP contribution in [0.1, 0.15) is 16.7 Å². The number of rotatable bonds is 8. The molecule has 144 valence electrons. The number of aromatic nitrogens is 1. The summed E-state index contributed by atoms with van der Waals surface area (Å²) in [5, 5.41) is 4.85. The topological polar surface area (TPSA) is 37.0 Å². The first-order valence-electron chi connectivity index (χ1n) is 9.40. The van der Waals surface area contributed by atoms with Crippen molar-refractivity contribution in [3.63, 3.8) is 0 Å². The Morgan fingerprint density at radius 1 is 0.821 bits per heavy atom. The molecule has 0 saturated carbocycles. The van der Waals surface area contributed by atoms with Crippen molar-refractivity contribution in [3.8, 4) is 5.75 Å². The summed E-state index contributed by atoms with van der Waals surface area (Å²) in [6, 6.07) is 27.0. The summed E-state index contributed by atoms with van der Waals surface area (Å²) in [6.45, 7) is 2.38. The number of nitrogens with one attached hydrogen (secondary N) is 2. The van der Waals surface area contributed by atoms with E-state index in [2.05, 4.69) is 71.1 Å². The van der Waals surface area contributed by atoms with Gasteiger partial charge in [0.15, 0.2) is 0 Å². The van der Waals surface area contributed by atoms with Crippen molar-refractivity contribution in [1.82, 2.24) is 10.3 Å². The summed E-state index contributed by atoms with van der Waals surface area (Å²) in [5.41, 5.74) is 4.98. The van der Waals surface area contributed by atoms with E-state index in [9.17, 15) is 0 Å². The fourth-order valence-corrected chi connectivity index (χ4v) is 3.28. The molecule has 0 aliphatic carbocycles. The van der Waals surface area contributed by atoms with Crippen molar-refractivity contribution < 1.29 is 17.1 Å². The lowest BCUT2D eigenvalue weighted by molar-refractivity contribution is -0.00000581.